The number of hydrogen-bond donors (Lipinski definition) is 2. The number of ether oxygens (including phenoxy) is 1. The van der Waals surface area contributed by atoms with E-state index in [1.165, 1.54) is 23.8 Å². The Labute approximate surface area is 172 Å². The SMILES string of the molecule is N#CC1CCN(C(=O)c2nc3c(s2)CCOc2cc(/C(C=N)=C/N)ccc2-3)CC1. The van der Waals surface area contributed by atoms with Gasteiger partial charge in [-0.2, -0.15) is 5.26 Å². The van der Waals surface area contributed by atoms with Crippen LogP contribution in [0.4, 0.5) is 0 Å². The van der Waals surface area contributed by atoms with Gasteiger partial charge in [-0.15, -0.1) is 11.3 Å². The van der Waals surface area contributed by atoms with Gasteiger partial charge in [0.1, 0.15) is 5.75 Å². The highest BCUT2D eigenvalue weighted by Crippen LogP contribution is 2.39. The summed E-state index contributed by atoms with van der Waals surface area (Å²) in [6, 6.07) is 7.95. The van der Waals surface area contributed by atoms with E-state index in [4.69, 9.17) is 21.1 Å². The number of allylic oxidation sites excluding steroid dienone is 1. The smallest absolute Gasteiger partial charge is 0.282 e. The van der Waals surface area contributed by atoms with Crippen molar-refractivity contribution in [3.63, 3.8) is 0 Å². The molecule has 1 saturated heterocycles. The zero-order valence-electron chi connectivity index (χ0n) is 15.9. The Balaban J connectivity index is 1.64. The molecule has 1 aromatic heterocycles. The zero-order chi connectivity index (χ0) is 20.4. The minimum atomic E-state index is -0.0595. The number of nitrogens with two attached hydrogens (primary N) is 1. The summed E-state index contributed by atoms with van der Waals surface area (Å²) in [6.07, 6.45) is 4.73. The maximum absolute atomic E-state index is 12.9. The number of hydrogen-bond acceptors (Lipinski definition) is 7. The molecule has 0 atom stereocenters. The first-order valence-corrected chi connectivity index (χ1v) is 10.3. The predicted octanol–water partition coefficient (Wildman–Crippen LogP) is 3.07. The van der Waals surface area contributed by atoms with Crippen LogP contribution in [-0.2, 0) is 6.42 Å². The van der Waals surface area contributed by atoms with Gasteiger partial charge in [-0.1, -0.05) is 6.07 Å². The molecular formula is C21H21N5O2S. The van der Waals surface area contributed by atoms with Gasteiger partial charge in [-0.05, 0) is 30.5 Å². The van der Waals surface area contributed by atoms with Gasteiger partial charge in [0, 0.05) is 53.9 Å². The number of carbonyl (C=O) groups is 1. The van der Waals surface area contributed by atoms with E-state index in [1.54, 1.807) is 4.90 Å². The van der Waals surface area contributed by atoms with Crippen LogP contribution in [0.15, 0.2) is 24.4 Å². The van der Waals surface area contributed by atoms with Crippen molar-refractivity contribution in [2.45, 2.75) is 19.3 Å². The van der Waals surface area contributed by atoms with Crippen molar-refractivity contribution in [2.75, 3.05) is 19.7 Å². The third kappa shape index (κ3) is 3.61. The summed E-state index contributed by atoms with van der Waals surface area (Å²) in [7, 11) is 0. The first kappa shape index (κ1) is 19.2. The third-order valence-corrected chi connectivity index (χ3v) is 6.44. The van der Waals surface area contributed by atoms with Gasteiger partial charge in [-0.3, -0.25) is 4.79 Å². The average molecular weight is 407 g/mol. The van der Waals surface area contributed by atoms with Crippen molar-refractivity contribution in [1.82, 2.24) is 9.88 Å². The second-order valence-corrected chi connectivity index (χ2v) is 8.15. The van der Waals surface area contributed by atoms with Crippen LogP contribution in [0.25, 0.3) is 16.8 Å². The average Bonchev–Trinajstić information content (AvgIpc) is 3.11. The molecule has 1 amide bonds. The summed E-state index contributed by atoms with van der Waals surface area (Å²) in [5.74, 6) is 0.663. The predicted molar refractivity (Wildman–Crippen MR) is 112 cm³/mol. The number of piperidine rings is 1. The number of amides is 1. The molecule has 0 spiro atoms. The quantitative estimate of drug-likeness (QED) is 0.759. The highest BCUT2D eigenvalue weighted by molar-refractivity contribution is 7.14. The van der Waals surface area contributed by atoms with E-state index < -0.39 is 0 Å². The van der Waals surface area contributed by atoms with E-state index in [0.717, 1.165) is 34.5 Å². The van der Waals surface area contributed by atoms with Gasteiger partial charge in [0.15, 0.2) is 5.01 Å². The highest BCUT2D eigenvalue weighted by atomic mass is 32.1. The Kier molecular flexibility index (Phi) is 5.32. The van der Waals surface area contributed by atoms with E-state index in [9.17, 15) is 4.79 Å². The lowest BCUT2D eigenvalue weighted by atomic mass is 9.99. The van der Waals surface area contributed by atoms with Gasteiger partial charge in [0.05, 0.1) is 18.4 Å². The Hall–Kier alpha value is -3.18. The van der Waals surface area contributed by atoms with Crippen molar-refractivity contribution in [2.24, 2.45) is 11.7 Å². The zero-order valence-corrected chi connectivity index (χ0v) is 16.7. The maximum atomic E-state index is 12.9. The number of nitrogens with zero attached hydrogens (tertiary/aromatic N) is 3. The van der Waals surface area contributed by atoms with Crippen LogP contribution in [0.3, 0.4) is 0 Å². The van der Waals surface area contributed by atoms with Crippen LogP contribution in [0.2, 0.25) is 0 Å². The van der Waals surface area contributed by atoms with E-state index in [-0.39, 0.29) is 11.8 Å². The third-order valence-electron chi connectivity index (χ3n) is 5.34. The molecule has 0 radical (unpaired) electrons. The largest absolute Gasteiger partial charge is 0.492 e. The first-order valence-electron chi connectivity index (χ1n) is 9.53. The Morgan fingerprint density at radius 1 is 1.41 bits per heavy atom. The molecule has 29 heavy (non-hydrogen) atoms. The van der Waals surface area contributed by atoms with Gasteiger partial charge < -0.3 is 20.8 Å². The van der Waals surface area contributed by atoms with E-state index in [0.29, 0.717) is 42.4 Å². The molecule has 0 bridgehead atoms. The number of carbonyl (C=O) groups excluding carboxylic acids is 1. The lowest BCUT2D eigenvalue weighted by Crippen LogP contribution is -2.38. The number of nitriles is 1. The number of nitrogens with one attached hydrogen (secondary N) is 1. The molecule has 7 nitrogen and oxygen atoms in total. The molecule has 0 saturated carbocycles. The molecule has 8 heteroatoms. The lowest BCUT2D eigenvalue weighted by Gasteiger charge is -2.28. The molecule has 1 aromatic carbocycles. The number of likely N-dealkylation sites (tertiary alicyclic amines) is 1. The summed E-state index contributed by atoms with van der Waals surface area (Å²) in [4.78, 5) is 20.5. The minimum absolute atomic E-state index is 0.0405. The Morgan fingerprint density at radius 3 is 2.90 bits per heavy atom. The minimum Gasteiger partial charge on any atom is -0.492 e. The van der Waals surface area contributed by atoms with Crippen molar-refractivity contribution in [3.8, 4) is 23.1 Å². The molecule has 2 aromatic rings. The Morgan fingerprint density at radius 2 is 2.21 bits per heavy atom. The van der Waals surface area contributed by atoms with Crippen molar-refractivity contribution >= 4 is 29.0 Å². The standard InChI is InChI=1S/C21H21N5O2S/c22-10-13-3-6-26(7-4-13)21(27)20-25-19-16-2-1-14(15(11-23)12-24)9-17(16)28-8-5-18(19)29-20/h1-2,9,11-13,23H,3-8,24H2/b15-12+,23-11?. The fourth-order valence-corrected chi connectivity index (χ4v) is 4.69. The molecule has 0 unspecified atom stereocenters. The molecule has 3 heterocycles. The number of rotatable bonds is 3. The highest BCUT2D eigenvalue weighted by Gasteiger charge is 2.28. The molecule has 148 valence electrons. The van der Waals surface area contributed by atoms with Crippen LogP contribution in [-0.4, -0.2) is 41.7 Å². The van der Waals surface area contributed by atoms with Gasteiger partial charge in [0.25, 0.3) is 5.91 Å². The summed E-state index contributed by atoms with van der Waals surface area (Å²) < 4.78 is 5.91. The van der Waals surface area contributed by atoms with E-state index in [2.05, 4.69) is 11.1 Å². The molecule has 0 aliphatic carbocycles. The van der Waals surface area contributed by atoms with Gasteiger partial charge in [-0.25, -0.2) is 4.98 Å². The van der Waals surface area contributed by atoms with Gasteiger partial charge in [0.2, 0.25) is 0 Å². The second kappa shape index (κ2) is 8.05. The monoisotopic (exact) mass is 407 g/mol. The summed E-state index contributed by atoms with van der Waals surface area (Å²) in [5, 5.41) is 17.0. The molecule has 1 fully saturated rings. The molecular weight excluding hydrogens is 386 g/mol. The summed E-state index contributed by atoms with van der Waals surface area (Å²) in [5.41, 5.74) is 8.65. The molecule has 3 N–H and O–H groups in total. The van der Waals surface area contributed by atoms with Crippen LogP contribution in [0, 0.1) is 22.7 Å². The van der Waals surface area contributed by atoms with Gasteiger partial charge >= 0.3 is 0 Å². The maximum Gasteiger partial charge on any atom is 0.282 e. The molecule has 2 aliphatic rings. The summed E-state index contributed by atoms with van der Waals surface area (Å²) in [6.45, 7) is 1.70. The van der Waals surface area contributed by atoms with E-state index >= 15 is 0 Å². The van der Waals surface area contributed by atoms with Crippen LogP contribution in [0.1, 0.15) is 33.1 Å². The summed E-state index contributed by atoms with van der Waals surface area (Å²) >= 11 is 1.43. The van der Waals surface area contributed by atoms with Crippen molar-refractivity contribution in [3.05, 3.63) is 39.8 Å². The van der Waals surface area contributed by atoms with Crippen LogP contribution < -0.4 is 10.5 Å². The van der Waals surface area contributed by atoms with Crippen molar-refractivity contribution in [1.29, 1.82) is 10.7 Å². The van der Waals surface area contributed by atoms with Crippen LogP contribution in [0.5, 0.6) is 5.75 Å². The van der Waals surface area contributed by atoms with Crippen molar-refractivity contribution < 1.29 is 9.53 Å². The second-order valence-electron chi connectivity index (χ2n) is 7.06. The normalized spacial score (nSPS) is 16.8. The lowest BCUT2D eigenvalue weighted by molar-refractivity contribution is 0.0707. The first-order chi connectivity index (χ1) is 14.1. The van der Waals surface area contributed by atoms with Crippen LogP contribution >= 0.6 is 11.3 Å². The van der Waals surface area contributed by atoms with E-state index in [1.807, 2.05) is 18.2 Å². The molecule has 2 aliphatic heterocycles. The number of benzene rings is 1. The molecule has 4 rings (SSSR count). The fraction of sp³-hybridized carbons (Fsp3) is 0.333. The fourth-order valence-electron chi connectivity index (χ4n) is 3.67. The number of thiazole rings is 1. The number of fused-ring (bicyclic) bond motifs is 3. The Bertz CT molecular complexity index is 1030. The number of aromatic nitrogens is 1. The topological polar surface area (TPSA) is 116 Å².